The average Bonchev–Trinajstić information content (AvgIpc) is 3.10. The molecule has 2 aliphatic rings. The third-order valence-electron chi connectivity index (χ3n) is 4.34. The van der Waals surface area contributed by atoms with Gasteiger partial charge in [0.1, 0.15) is 0 Å². The van der Waals surface area contributed by atoms with E-state index in [1.54, 1.807) is 24.5 Å². The highest BCUT2D eigenvalue weighted by molar-refractivity contribution is 5.93. The lowest BCUT2D eigenvalue weighted by Gasteiger charge is -2.31. The van der Waals surface area contributed by atoms with Gasteiger partial charge in [0.25, 0.3) is 0 Å². The third kappa shape index (κ3) is 2.97. The number of fused-ring (bicyclic) bond motifs is 1. The summed E-state index contributed by atoms with van der Waals surface area (Å²) in [5.41, 5.74) is 0.734. The van der Waals surface area contributed by atoms with Gasteiger partial charge in [0.15, 0.2) is 11.5 Å². The zero-order chi connectivity index (χ0) is 16.4. The Bertz CT molecular complexity index is 730. The molecule has 1 fully saturated rings. The molecule has 0 unspecified atom stereocenters. The van der Waals surface area contributed by atoms with Crippen molar-refractivity contribution in [2.75, 3.05) is 30.1 Å². The van der Waals surface area contributed by atoms with Crippen LogP contribution in [0.4, 0.5) is 11.6 Å². The summed E-state index contributed by atoms with van der Waals surface area (Å²) < 4.78 is 10.6. The summed E-state index contributed by atoms with van der Waals surface area (Å²) in [4.78, 5) is 23.1. The molecule has 0 atom stereocenters. The molecular weight excluding hydrogens is 308 g/mol. The first-order valence-electron chi connectivity index (χ1n) is 8.02. The molecule has 2 aromatic rings. The normalized spacial score (nSPS) is 16.9. The molecule has 7 nitrogen and oxygen atoms in total. The van der Waals surface area contributed by atoms with Crippen molar-refractivity contribution >= 4 is 17.5 Å². The number of benzene rings is 1. The molecule has 124 valence electrons. The fraction of sp³-hybridized carbons (Fsp3) is 0.353. The second-order valence-electron chi connectivity index (χ2n) is 5.87. The van der Waals surface area contributed by atoms with Crippen molar-refractivity contribution in [3.05, 3.63) is 36.7 Å². The highest BCUT2D eigenvalue weighted by Crippen LogP contribution is 2.34. The van der Waals surface area contributed by atoms with Crippen molar-refractivity contribution in [3.63, 3.8) is 0 Å². The molecular formula is C17H18N4O3. The summed E-state index contributed by atoms with van der Waals surface area (Å²) in [7, 11) is 0. The van der Waals surface area contributed by atoms with Crippen LogP contribution in [0.15, 0.2) is 36.7 Å². The highest BCUT2D eigenvalue weighted by Gasteiger charge is 2.26. The minimum absolute atomic E-state index is 0.00427. The van der Waals surface area contributed by atoms with E-state index < -0.39 is 0 Å². The summed E-state index contributed by atoms with van der Waals surface area (Å²) in [5, 5.41) is 2.97. The highest BCUT2D eigenvalue weighted by atomic mass is 16.7. The second kappa shape index (κ2) is 6.35. The van der Waals surface area contributed by atoms with Crippen molar-refractivity contribution in [2.45, 2.75) is 12.8 Å². The van der Waals surface area contributed by atoms with E-state index in [0.717, 1.165) is 37.6 Å². The van der Waals surface area contributed by atoms with Crippen molar-refractivity contribution in [1.29, 1.82) is 0 Å². The van der Waals surface area contributed by atoms with E-state index in [1.165, 1.54) is 0 Å². The van der Waals surface area contributed by atoms with Crippen LogP contribution in [-0.4, -0.2) is 35.8 Å². The number of hydrogen-bond acceptors (Lipinski definition) is 6. The fourth-order valence-electron chi connectivity index (χ4n) is 3.01. The molecule has 0 radical (unpaired) electrons. The molecule has 3 heterocycles. The SMILES string of the molecule is O=C(Nc1ccc2c(c1)OCO2)C1CCN(c2ncccn2)CC1. The lowest BCUT2D eigenvalue weighted by Crippen LogP contribution is -2.39. The van der Waals surface area contributed by atoms with E-state index in [0.29, 0.717) is 11.5 Å². The van der Waals surface area contributed by atoms with Crippen LogP contribution < -0.4 is 19.7 Å². The monoisotopic (exact) mass is 326 g/mol. The lowest BCUT2D eigenvalue weighted by atomic mass is 9.96. The Balaban J connectivity index is 1.35. The molecule has 0 aliphatic carbocycles. The Morgan fingerprint density at radius 1 is 1.12 bits per heavy atom. The van der Waals surface area contributed by atoms with Crippen LogP contribution in [-0.2, 0) is 4.79 Å². The standard InChI is InChI=1S/C17H18N4O3/c22-16(20-13-2-3-14-15(10-13)24-11-23-14)12-4-8-21(9-5-12)17-18-6-1-7-19-17/h1-3,6-7,10,12H,4-5,8-9,11H2,(H,20,22). The fourth-order valence-corrected chi connectivity index (χ4v) is 3.01. The Morgan fingerprint density at radius 2 is 1.88 bits per heavy atom. The third-order valence-corrected chi connectivity index (χ3v) is 4.34. The summed E-state index contributed by atoms with van der Waals surface area (Å²) in [6, 6.07) is 7.24. The van der Waals surface area contributed by atoms with Gasteiger partial charge in [-0.2, -0.15) is 0 Å². The summed E-state index contributed by atoms with van der Waals surface area (Å²) in [6.45, 7) is 1.79. The first-order valence-corrected chi connectivity index (χ1v) is 8.02. The minimum Gasteiger partial charge on any atom is -0.454 e. The number of nitrogens with zero attached hydrogens (tertiary/aromatic N) is 3. The van der Waals surface area contributed by atoms with Crippen molar-refractivity contribution < 1.29 is 14.3 Å². The van der Waals surface area contributed by atoms with Crippen molar-refractivity contribution in [2.24, 2.45) is 5.92 Å². The zero-order valence-electron chi connectivity index (χ0n) is 13.1. The molecule has 0 saturated carbocycles. The Labute approximate surface area is 139 Å². The van der Waals surface area contributed by atoms with E-state index in [1.807, 2.05) is 12.1 Å². The Hall–Kier alpha value is -2.83. The first-order chi connectivity index (χ1) is 11.8. The summed E-state index contributed by atoms with van der Waals surface area (Å²) in [6.07, 6.45) is 5.05. The number of hydrogen-bond donors (Lipinski definition) is 1. The molecule has 0 spiro atoms. The number of amides is 1. The number of carbonyl (C=O) groups is 1. The molecule has 1 saturated heterocycles. The molecule has 1 aromatic heterocycles. The van der Waals surface area contributed by atoms with Gasteiger partial charge in [-0.05, 0) is 31.0 Å². The Kier molecular flexibility index (Phi) is 3.90. The zero-order valence-corrected chi connectivity index (χ0v) is 13.1. The van der Waals surface area contributed by atoms with Gasteiger partial charge in [0.05, 0.1) is 0 Å². The van der Waals surface area contributed by atoms with Gasteiger partial charge in [0, 0.05) is 43.2 Å². The number of ether oxygens (including phenoxy) is 2. The van der Waals surface area contributed by atoms with Gasteiger partial charge in [-0.3, -0.25) is 4.79 Å². The number of rotatable bonds is 3. The van der Waals surface area contributed by atoms with E-state index in [-0.39, 0.29) is 18.6 Å². The van der Waals surface area contributed by atoms with Gasteiger partial charge >= 0.3 is 0 Å². The molecule has 1 N–H and O–H groups in total. The molecule has 7 heteroatoms. The van der Waals surface area contributed by atoms with Gasteiger partial charge < -0.3 is 19.7 Å². The summed E-state index contributed by atoms with van der Waals surface area (Å²) >= 11 is 0. The van der Waals surface area contributed by atoms with Gasteiger partial charge in [-0.1, -0.05) is 0 Å². The molecule has 2 aliphatic heterocycles. The molecule has 4 rings (SSSR count). The molecule has 1 aromatic carbocycles. The predicted molar refractivity (Wildman–Crippen MR) is 88.2 cm³/mol. The summed E-state index contributed by atoms with van der Waals surface area (Å²) in [5.74, 6) is 2.15. The smallest absolute Gasteiger partial charge is 0.231 e. The number of anilines is 2. The largest absolute Gasteiger partial charge is 0.454 e. The maximum atomic E-state index is 12.5. The molecule has 24 heavy (non-hydrogen) atoms. The van der Waals surface area contributed by atoms with Crippen LogP contribution in [0.1, 0.15) is 12.8 Å². The predicted octanol–water partition coefficient (Wildman–Crippen LogP) is 2.06. The van der Waals surface area contributed by atoms with Crippen LogP contribution in [0.3, 0.4) is 0 Å². The number of nitrogens with one attached hydrogen (secondary N) is 1. The van der Waals surface area contributed by atoms with E-state index in [9.17, 15) is 4.79 Å². The van der Waals surface area contributed by atoms with Gasteiger partial charge in [-0.25, -0.2) is 9.97 Å². The Morgan fingerprint density at radius 3 is 2.67 bits per heavy atom. The van der Waals surface area contributed by atoms with Gasteiger partial charge in [0.2, 0.25) is 18.6 Å². The van der Waals surface area contributed by atoms with Crippen molar-refractivity contribution in [1.82, 2.24) is 9.97 Å². The number of piperidine rings is 1. The second-order valence-corrected chi connectivity index (χ2v) is 5.87. The van der Waals surface area contributed by atoms with Crippen LogP contribution in [0.5, 0.6) is 11.5 Å². The lowest BCUT2D eigenvalue weighted by molar-refractivity contribution is -0.120. The molecule has 1 amide bonds. The van der Waals surface area contributed by atoms with Gasteiger partial charge in [-0.15, -0.1) is 0 Å². The van der Waals surface area contributed by atoms with Crippen molar-refractivity contribution in [3.8, 4) is 11.5 Å². The maximum absolute atomic E-state index is 12.5. The average molecular weight is 326 g/mol. The van der Waals surface area contributed by atoms with E-state index in [2.05, 4.69) is 20.2 Å². The quantitative estimate of drug-likeness (QED) is 0.930. The number of aromatic nitrogens is 2. The minimum atomic E-state index is -0.00427. The van der Waals surface area contributed by atoms with Crippen LogP contribution in [0.2, 0.25) is 0 Å². The first kappa shape index (κ1) is 14.7. The molecule has 0 bridgehead atoms. The number of carbonyl (C=O) groups excluding carboxylic acids is 1. The van der Waals surface area contributed by atoms with E-state index in [4.69, 9.17) is 9.47 Å². The van der Waals surface area contributed by atoms with Crippen LogP contribution >= 0.6 is 0 Å². The van der Waals surface area contributed by atoms with Crippen LogP contribution in [0.25, 0.3) is 0 Å². The van der Waals surface area contributed by atoms with E-state index >= 15 is 0 Å². The maximum Gasteiger partial charge on any atom is 0.231 e. The van der Waals surface area contributed by atoms with Crippen LogP contribution in [0, 0.1) is 5.92 Å². The topological polar surface area (TPSA) is 76.6 Å².